The fourth-order valence-corrected chi connectivity index (χ4v) is 3.82. The lowest BCUT2D eigenvalue weighted by Crippen LogP contribution is -2.13. The maximum Gasteiger partial charge on any atom is 0.272 e. The number of nitrogens with one attached hydrogen (secondary N) is 1. The molecular formula is C12H13N3O2S2. The standard InChI is InChI=1S/C12H13N3O2S2/c1-8-13-10(9-4-5-9)7-11(14-8)15-19(16,17)12-3-2-6-18-12/h2-3,6-7,9H,4-5H2,1H3,(H,13,14,15). The molecule has 1 aliphatic rings. The van der Waals surface area contributed by atoms with E-state index in [4.69, 9.17) is 0 Å². The second kappa shape index (κ2) is 4.57. The molecule has 5 nitrogen and oxygen atoms in total. The molecule has 1 fully saturated rings. The van der Waals surface area contributed by atoms with Gasteiger partial charge in [0.2, 0.25) is 0 Å². The fraction of sp³-hybridized carbons (Fsp3) is 0.333. The van der Waals surface area contributed by atoms with Gasteiger partial charge >= 0.3 is 0 Å². The summed E-state index contributed by atoms with van der Waals surface area (Å²) >= 11 is 1.18. The summed E-state index contributed by atoms with van der Waals surface area (Å²) in [7, 11) is -3.53. The van der Waals surface area contributed by atoms with Crippen LogP contribution in [-0.2, 0) is 10.0 Å². The fourth-order valence-electron chi connectivity index (χ4n) is 1.84. The van der Waals surface area contributed by atoms with Crippen molar-refractivity contribution in [1.82, 2.24) is 9.97 Å². The first-order chi connectivity index (χ1) is 9.04. The number of hydrogen-bond acceptors (Lipinski definition) is 5. The van der Waals surface area contributed by atoms with Crippen molar-refractivity contribution in [2.24, 2.45) is 0 Å². The van der Waals surface area contributed by atoms with Crippen LogP contribution in [0, 0.1) is 6.92 Å². The van der Waals surface area contributed by atoms with Crippen molar-refractivity contribution in [2.45, 2.75) is 29.9 Å². The molecule has 0 aromatic carbocycles. The van der Waals surface area contributed by atoms with Crippen LogP contribution in [0.4, 0.5) is 5.82 Å². The summed E-state index contributed by atoms with van der Waals surface area (Å²) < 4.78 is 27.0. The molecule has 0 saturated heterocycles. The molecule has 0 unspecified atom stereocenters. The van der Waals surface area contributed by atoms with Gasteiger partial charge in [0.15, 0.2) is 0 Å². The summed E-state index contributed by atoms with van der Waals surface area (Å²) in [6.07, 6.45) is 2.24. The van der Waals surface area contributed by atoms with Crippen LogP contribution in [0.1, 0.15) is 30.3 Å². The zero-order valence-corrected chi connectivity index (χ0v) is 12.0. The highest BCUT2D eigenvalue weighted by molar-refractivity contribution is 7.94. The molecular weight excluding hydrogens is 282 g/mol. The molecule has 2 heterocycles. The summed E-state index contributed by atoms with van der Waals surface area (Å²) in [5.41, 5.74) is 0.927. The largest absolute Gasteiger partial charge is 0.272 e. The molecule has 0 spiro atoms. The van der Waals surface area contributed by atoms with Crippen molar-refractivity contribution in [3.8, 4) is 0 Å². The van der Waals surface area contributed by atoms with Gasteiger partial charge in [0, 0.05) is 17.7 Å². The van der Waals surface area contributed by atoms with Gasteiger partial charge in [0.1, 0.15) is 15.9 Å². The van der Waals surface area contributed by atoms with Crippen molar-refractivity contribution in [3.63, 3.8) is 0 Å². The third-order valence-corrected chi connectivity index (χ3v) is 5.60. The van der Waals surface area contributed by atoms with Gasteiger partial charge < -0.3 is 0 Å². The Morgan fingerprint density at radius 3 is 2.79 bits per heavy atom. The van der Waals surface area contributed by atoms with Crippen molar-refractivity contribution in [1.29, 1.82) is 0 Å². The highest BCUT2D eigenvalue weighted by Gasteiger charge is 2.26. The molecule has 2 aromatic heterocycles. The van der Waals surface area contributed by atoms with Gasteiger partial charge in [-0.2, -0.15) is 0 Å². The molecule has 0 radical (unpaired) electrons. The summed E-state index contributed by atoms with van der Waals surface area (Å²) in [5, 5.41) is 1.73. The van der Waals surface area contributed by atoms with E-state index in [0.717, 1.165) is 18.5 Å². The number of hydrogen-bond donors (Lipinski definition) is 1. The predicted octanol–water partition coefficient (Wildman–Crippen LogP) is 2.52. The van der Waals surface area contributed by atoms with Crippen molar-refractivity contribution in [3.05, 3.63) is 35.1 Å². The van der Waals surface area contributed by atoms with Crippen LogP contribution >= 0.6 is 11.3 Å². The lowest BCUT2D eigenvalue weighted by atomic mass is 10.3. The van der Waals surface area contributed by atoms with E-state index >= 15 is 0 Å². The number of thiophene rings is 1. The SMILES string of the molecule is Cc1nc(NS(=O)(=O)c2cccs2)cc(C2CC2)n1. The van der Waals surface area contributed by atoms with E-state index in [-0.39, 0.29) is 4.21 Å². The summed E-state index contributed by atoms with van der Waals surface area (Å²) in [6, 6.07) is 5.01. The molecule has 3 rings (SSSR count). The van der Waals surface area contributed by atoms with Crippen LogP contribution in [0.15, 0.2) is 27.8 Å². The first-order valence-corrected chi connectivity index (χ1v) is 8.33. The molecule has 0 atom stereocenters. The monoisotopic (exact) mass is 295 g/mol. The smallest absolute Gasteiger partial charge is 0.263 e. The highest BCUT2D eigenvalue weighted by atomic mass is 32.2. The van der Waals surface area contributed by atoms with Gasteiger partial charge in [0.05, 0.1) is 0 Å². The van der Waals surface area contributed by atoms with Crippen LogP contribution in [0.25, 0.3) is 0 Å². The Labute approximate surface area is 115 Å². The van der Waals surface area contributed by atoms with E-state index in [1.807, 2.05) is 0 Å². The first kappa shape index (κ1) is 12.6. The maximum absolute atomic E-state index is 12.1. The van der Waals surface area contributed by atoms with Gasteiger partial charge in [-0.1, -0.05) is 6.07 Å². The van der Waals surface area contributed by atoms with Crippen LogP contribution in [0.2, 0.25) is 0 Å². The van der Waals surface area contributed by atoms with Gasteiger partial charge in [-0.05, 0) is 31.2 Å². The van der Waals surface area contributed by atoms with Crippen LogP contribution in [0.3, 0.4) is 0 Å². The Morgan fingerprint density at radius 2 is 2.16 bits per heavy atom. The van der Waals surface area contributed by atoms with E-state index in [2.05, 4.69) is 14.7 Å². The normalized spacial score (nSPS) is 15.4. The lowest BCUT2D eigenvalue weighted by molar-refractivity contribution is 0.603. The van der Waals surface area contributed by atoms with Crippen molar-refractivity contribution < 1.29 is 8.42 Å². The Bertz CT molecular complexity index is 692. The van der Waals surface area contributed by atoms with E-state index in [0.29, 0.717) is 17.6 Å². The zero-order valence-electron chi connectivity index (χ0n) is 10.3. The van der Waals surface area contributed by atoms with Gasteiger partial charge in [-0.15, -0.1) is 11.3 Å². The zero-order chi connectivity index (χ0) is 13.5. The first-order valence-electron chi connectivity index (χ1n) is 5.96. The molecule has 1 aliphatic carbocycles. The number of anilines is 1. The maximum atomic E-state index is 12.1. The molecule has 19 heavy (non-hydrogen) atoms. The molecule has 0 bridgehead atoms. The Morgan fingerprint density at radius 1 is 1.37 bits per heavy atom. The third kappa shape index (κ3) is 2.76. The summed E-state index contributed by atoms with van der Waals surface area (Å²) in [5.74, 6) is 1.41. The Kier molecular flexibility index (Phi) is 3.02. The van der Waals surface area contributed by atoms with E-state index in [1.165, 1.54) is 11.3 Å². The molecule has 0 aliphatic heterocycles. The number of sulfonamides is 1. The van der Waals surface area contributed by atoms with Crippen molar-refractivity contribution in [2.75, 3.05) is 4.72 Å². The van der Waals surface area contributed by atoms with Crippen LogP contribution < -0.4 is 4.72 Å². The van der Waals surface area contributed by atoms with Crippen LogP contribution in [0.5, 0.6) is 0 Å². The topological polar surface area (TPSA) is 72.0 Å². The average molecular weight is 295 g/mol. The minimum Gasteiger partial charge on any atom is -0.263 e. The molecule has 0 amide bonds. The quantitative estimate of drug-likeness (QED) is 0.940. The van der Waals surface area contributed by atoms with E-state index in [1.54, 1.807) is 30.5 Å². The Balaban J connectivity index is 1.91. The van der Waals surface area contributed by atoms with Crippen molar-refractivity contribution >= 4 is 27.2 Å². The summed E-state index contributed by atoms with van der Waals surface area (Å²) in [4.78, 5) is 8.49. The second-order valence-corrected chi connectivity index (χ2v) is 7.39. The third-order valence-electron chi connectivity index (χ3n) is 2.85. The predicted molar refractivity (Wildman–Crippen MR) is 73.9 cm³/mol. The molecule has 1 saturated carbocycles. The van der Waals surface area contributed by atoms with E-state index in [9.17, 15) is 8.42 Å². The Hall–Kier alpha value is -1.47. The average Bonchev–Trinajstić information content (AvgIpc) is 3.02. The number of nitrogens with zero attached hydrogens (tertiary/aromatic N) is 2. The second-order valence-electron chi connectivity index (χ2n) is 4.54. The van der Waals surface area contributed by atoms with E-state index < -0.39 is 10.0 Å². The molecule has 2 aromatic rings. The van der Waals surface area contributed by atoms with Gasteiger partial charge in [-0.3, -0.25) is 4.72 Å². The minimum absolute atomic E-state index is 0.289. The number of aromatic nitrogens is 2. The number of aryl methyl sites for hydroxylation is 1. The highest BCUT2D eigenvalue weighted by Crippen LogP contribution is 2.39. The van der Waals surface area contributed by atoms with Gasteiger partial charge in [-0.25, -0.2) is 18.4 Å². The molecule has 100 valence electrons. The van der Waals surface area contributed by atoms with Crippen LogP contribution in [-0.4, -0.2) is 18.4 Å². The number of rotatable bonds is 4. The summed E-state index contributed by atoms with van der Waals surface area (Å²) in [6.45, 7) is 1.77. The van der Waals surface area contributed by atoms with Gasteiger partial charge in [0.25, 0.3) is 10.0 Å². The molecule has 7 heteroatoms. The minimum atomic E-state index is -3.53. The molecule has 1 N–H and O–H groups in total. The lowest BCUT2D eigenvalue weighted by Gasteiger charge is -2.07.